The van der Waals surface area contributed by atoms with Crippen LogP contribution in [0.2, 0.25) is 0 Å². The second kappa shape index (κ2) is 9.16. The van der Waals surface area contributed by atoms with Gasteiger partial charge in [-0.3, -0.25) is 9.98 Å². The van der Waals surface area contributed by atoms with E-state index in [0.29, 0.717) is 36.4 Å². The van der Waals surface area contributed by atoms with Crippen LogP contribution in [0, 0.1) is 13.8 Å². The average molecular weight is 485 g/mol. The molecule has 4 rings (SSSR count). The lowest BCUT2D eigenvalue weighted by atomic mass is 9.97. The number of benzene rings is 1. The Morgan fingerprint density at radius 3 is 2.63 bits per heavy atom. The molecular weight excluding hydrogens is 457 g/mol. The molecule has 1 aromatic carbocycles. The lowest BCUT2D eigenvalue weighted by Crippen LogP contribution is -2.38. The Labute approximate surface area is 200 Å². The molecule has 35 heavy (non-hydrogen) atoms. The van der Waals surface area contributed by atoms with Gasteiger partial charge in [0.2, 0.25) is 0 Å². The first-order chi connectivity index (χ1) is 16.5. The highest BCUT2D eigenvalue weighted by molar-refractivity contribution is 5.81. The molecule has 3 heterocycles. The van der Waals surface area contributed by atoms with Gasteiger partial charge in [0.05, 0.1) is 29.0 Å². The minimum atomic E-state index is -4.43. The van der Waals surface area contributed by atoms with Crippen LogP contribution in [-0.2, 0) is 13.2 Å². The van der Waals surface area contributed by atoms with Gasteiger partial charge >= 0.3 is 12.2 Å². The molecule has 1 unspecified atom stereocenters. The monoisotopic (exact) mass is 484 g/mol. The number of primary amides is 1. The smallest absolute Gasteiger partial charge is 0.351 e. The van der Waals surface area contributed by atoms with Crippen molar-refractivity contribution in [2.45, 2.75) is 39.4 Å². The number of carbonyl (C=O) groups excluding carboxylic acids is 1. The number of aromatic nitrogens is 3. The summed E-state index contributed by atoms with van der Waals surface area (Å²) in [5.74, 6) is 0.702. The molecule has 3 aromatic rings. The van der Waals surface area contributed by atoms with E-state index in [-0.39, 0.29) is 5.56 Å². The van der Waals surface area contributed by atoms with Crippen LogP contribution in [0.5, 0.6) is 0 Å². The summed E-state index contributed by atoms with van der Waals surface area (Å²) in [6.45, 7) is 5.99. The summed E-state index contributed by atoms with van der Waals surface area (Å²) in [5.41, 5.74) is 8.35. The maximum Gasteiger partial charge on any atom is 0.416 e. The number of fused-ring (bicyclic) bond motifs is 1. The Bertz CT molecular complexity index is 1410. The van der Waals surface area contributed by atoms with E-state index in [0.717, 1.165) is 28.2 Å². The van der Waals surface area contributed by atoms with E-state index in [1.807, 2.05) is 30.7 Å². The second-order valence-electron chi connectivity index (χ2n) is 8.71. The Balaban J connectivity index is 1.83. The lowest BCUT2D eigenvalue weighted by Gasteiger charge is -2.24. The SMILES string of the molecule is Cc1c(C(C)N=c2nc(C)n(C)c3cnc(C4=CCN(C(N)=O)CC4)cc23)cccc1C(F)(F)F. The molecule has 2 aromatic heterocycles. The number of halogens is 3. The molecule has 2 N–H and O–H groups in total. The number of carbonyl (C=O) groups is 1. The summed E-state index contributed by atoms with van der Waals surface area (Å²) < 4.78 is 42.2. The molecule has 0 bridgehead atoms. The maximum absolute atomic E-state index is 13.4. The highest BCUT2D eigenvalue weighted by Crippen LogP contribution is 2.35. The van der Waals surface area contributed by atoms with Crippen molar-refractivity contribution in [1.82, 2.24) is 19.4 Å². The van der Waals surface area contributed by atoms with Crippen molar-refractivity contribution in [3.8, 4) is 0 Å². The number of nitrogens with two attached hydrogens (primary N) is 1. The Morgan fingerprint density at radius 2 is 2.00 bits per heavy atom. The molecule has 2 amide bonds. The second-order valence-corrected chi connectivity index (χ2v) is 8.71. The molecule has 10 heteroatoms. The fourth-order valence-electron chi connectivity index (χ4n) is 4.40. The van der Waals surface area contributed by atoms with Crippen LogP contribution in [-0.4, -0.2) is 38.6 Å². The highest BCUT2D eigenvalue weighted by Gasteiger charge is 2.33. The standard InChI is InChI=1S/C25H27F3N6O/c1-14-18(6-5-7-20(14)25(26,27)28)15(2)31-23-19-12-21(17-8-10-34(11-9-17)24(29)35)30-13-22(19)33(4)16(3)32-23/h5-8,12-13,15H,9-11H2,1-4H3,(H2,29,35). The molecule has 0 spiro atoms. The van der Waals surface area contributed by atoms with Gasteiger partial charge in [-0.05, 0) is 56.0 Å². The van der Waals surface area contributed by atoms with Gasteiger partial charge in [-0.15, -0.1) is 0 Å². The van der Waals surface area contributed by atoms with Crippen molar-refractivity contribution in [2.75, 3.05) is 13.1 Å². The van der Waals surface area contributed by atoms with Crippen LogP contribution in [0.4, 0.5) is 18.0 Å². The molecule has 184 valence electrons. The van der Waals surface area contributed by atoms with Crippen molar-refractivity contribution in [1.29, 1.82) is 0 Å². The average Bonchev–Trinajstić information content (AvgIpc) is 2.81. The first kappa shape index (κ1) is 24.4. The number of hydrogen-bond acceptors (Lipinski definition) is 4. The van der Waals surface area contributed by atoms with E-state index in [1.54, 1.807) is 24.1 Å². The molecule has 1 atom stereocenters. The molecule has 0 radical (unpaired) electrons. The van der Waals surface area contributed by atoms with E-state index < -0.39 is 23.8 Å². The van der Waals surface area contributed by atoms with E-state index in [4.69, 9.17) is 10.7 Å². The number of rotatable bonds is 3. The van der Waals surface area contributed by atoms with Gasteiger partial charge in [0.15, 0.2) is 5.49 Å². The third kappa shape index (κ3) is 4.78. The first-order valence-corrected chi connectivity index (χ1v) is 11.2. The fraction of sp³-hybridized carbons (Fsp3) is 0.360. The van der Waals surface area contributed by atoms with Crippen molar-refractivity contribution >= 4 is 22.5 Å². The third-order valence-electron chi connectivity index (χ3n) is 6.54. The molecular formula is C25H27F3N6O. The van der Waals surface area contributed by atoms with Crippen molar-refractivity contribution < 1.29 is 18.0 Å². The van der Waals surface area contributed by atoms with Crippen LogP contribution in [0.3, 0.4) is 0 Å². The van der Waals surface area contributed by atoms with E-state index in [2.05, 4.69) is 9.97 Å². The first-order valence-electron chi connectivity index (χ1n) is 11.2. The summed E-state index contributed by atoms with van der Waals surface area (Å²) >= 11 is 0. The summed E-state index contributed by atoms with van der Waals surface area (Å²) in [5, 5.41) is 0.748. The van der Waals surface area contributed by atoms with Crippen LogP contribution < -0.4 is 11.2 Å². The zero-order valence-corrected chi connectivity index (χ0v) is 20.0. The minimum Gasteiger partial charge on any atom is -0.351 e. The van der Waals surface area contributed by atoms with Gasteiger partial charge in [-0.2, -0.15) is 13.2 Å². The van der Waals surface area contributed by atoms with Gasteiger partial charge < -0.3 is 15.2 Å². The van der Waals surface area contributed by atoms with Crippen LogP contribution >= 0.6 is 0 Å². The van der Waals surface area contributed by atoms with E-state index >= 15 is 0 Å². The van der Waals surface area contributed by atoms with Gasteiger partial charge in [0, 0.05) is 25.5 Å². The van der Waals surface area contributed by atoms with Gasteiger partial charge in [-0.25, -0.2) is 9.78 Å². The number of alkyl halides is 3. The van der Waals surface area contributed by atoms with Crippen molar-refractivity contribution in [3.05, 3.63) is 70.2 Å². The molecule has 7 nitrogen and oxygen atoms in total. The predicted molar refractivity (Wildman–Crippen MR) is 127 cm³/mol. The number of amides is 2. The maximum atomic E-state index is 13.4. The molecule has 0 saturated carbocycles. The third-order valence-corrected chi connectivity index (χ3v) is 6.54. The molecule has 0 fully saturated rings. The molecule has 0 saturated heterocycles. The van der Waals surface area contributed by atoms with Crippen LogP contribution in [0.25, 0.3) is 16.5 Å². The summed E-state index contributed by atoms with van der Waals surface area (Å²) in [6.07, 6.45) is -0.144. The minimum absolute atomic E-state index is 0.160. The number of hydrogen-bond donors (Lipinski definition) is 1. The number of urea groups is 1. The Morgan fingerprint density at radius 1 is 1.26 bits per heavy atom. The van der Waals surface area contributed by atoms with E-state index in [9.17, 15) is 18.0 Å². The van der Waals surface area contributed by atoms with Crippen molar-refractivity contribution in [2.24, 2.45) is 17.8 Å². The largest absolute Gasteiger partial charge is 0.416 e. The quantitative estimate of drug-likeness (QED) is 0.596. The molecule has 1 aliphatic heterocycles. The Kier molecular flexibility index (Phi) is 6.40. The number of pyridine rings is 1. The van der Waals surface area contributed by atoms with Crippen LogP contribution in [0.15, 0.2) is 41.5 Å². The highest BCUT2D eigenvalue weighted by atomic mass is 19.4. The van der Waals surface area contributed by atoms with Crippen LogP contribution in [0.1, 0.15) is 47.6 Å². The topological polar surface area (TPSA) is 89.4 Å². The molecule has 0 aliphatic carbocycles. The number of aryl methyl sites for hydroxylation is 2. The number of nitrogens with zero attached hydrogens (tertiary/aromatic N) is 5. The predicted octanol–water partition coefficient (Wildman–Crippen LogP) is 4.43. The molecule has 1 aliphatic rings. The van der Waals surface area contributed by atoms with E-state index in [1.165, 1.54) is 13.0 Å². The zero-order valence-electron chi connectivity index (χ0n) is 20.0. The summed E-state index contributed by atoms with van der Waals surface area (Å²) in [4.78, 5) is 27.0. The zero-order chi connectivity index (χ0) is 25.5. The van der Waals surface area contributed by atoms with Gasteiger partial charge in [0.1, 0.15) is 5.82 Å². The van der Waals surface area contributed by atoms with Gasteiger partial charge in [-0.1, -0.05) is 18.2 Å². The fourth-order valence-corrected chi connectivity index (χ4v) is 4.40. The summed E-state index contributed by atoms with van der Waals surface area (Å²) in [6, 6.07) is 5.06. The normalized spacial score (nSPS) is 15.9. The lowest BCUT2D eigenvalue weighted by molar-refractivity contribution is -0.138. The summed E-state index contributed by atoms with van der Waals surface area (Å²) in [7, 11) is 1.88. The Hall–Kier alpha value is -3.69. The van der Waals surface area contributed by atoms with Gasteiger partial charge in [0.25, 0.3) is 0 Å². The van der Waals surface area contributed by atoms with Crippen molar-refractivity contribution in [3.63, 3.8) is 0 Å².